The minimum Gasteiger partial charge on any atom is -0.355 e. The molecule has 0 unspecified atom stereocenters. The summed E-state index contributed by atoms with van der Waals surface area (Å²) in [4.78, 5) is 37.7. The first-order valence-corrected chi connectivity index (χ1v) is 8.69. The molecule has 1 aromatic carbocycles. The molecule has 132 valence electrons. The lowest BCUT2D eigenvalue weighted by Crippen LogP contribution is -2.41. The molecular formula is C18H25ClN2O3. The van der Waals surface area contributed by atoms with Crippen molar-refractivity contribution in [3.05, 3.63) is 34.9 Å². The van der Waals surface area contributed by atoms with E-state index in [4.69, 9.17) is 11.6 Å². The van der Waals surface area contributed by atoms with Crippen LogP contribution in [0.2, 0.25) is 5.02 Å². The van der Waals surface area contributed by atoms with Gasteiger partial charge in [-0.25, -0.2) is 0 Å². The second kappa shape index (κ2) is 10.8. The summed E-state index contributed by atoms with van der Waals surface area (Å²) < 4.78 is 0. The van der Waals surface area contributed by atoms with Gasteiger partial charge in [-0.15, -0.1) is 0 Å². The largest absolute Gasteiger partial charge is 0.355 e. The van der Waals surface area contributed by atoms with Crippen LogP contribution in [-0.4, -0.2) is 42.1 Å². The molecule has 0 aliphatic heterocycles. The van der Waals surface area contributed by atoms with E-state index in [0.29, 0.717) is 23.7 Å². The van der Waals surface area contributed by atoms with Crippen molar-refractivity contribution >= 4 is 29.2 Å². The smallest absolute Gasteiger partial charge is 0.239 e. The van der Waals surface area contributed by atoms with Crippen LogP contribution >= 0.6 is 11.6 Å². The topological polar surface area (TPSA) is 66.5 Å². The molecule has 0 saturated heterocycles. The van der Waals surface area contributed by atoms with Gasteiger partial charge in [-0.3, -0.25) is 14.4 Å². The van der Waals surface area contributed by atoms with Crippen molar-refractivity contribution in [3.8, 4) is 0 Å². The standard InChI is InChI=1S/C18H25ClN2O3/c1-3-11-20-17(23)13-21(12-4-2)18(24)10-9-16(22)14-5-7-15(19)8-6-14/h5-8H,3-4,9-13H2,1-2H3,(H,20,23). The van der Waals surface area contributed by atoms with Crippen LogP contribution in [-0.2, 0) is 9.59 Å². The van der Waals surface area contributed by atoms with E-state index in [1.54, 1.807) is 24.3 Å². The number of hydrogen-bond donors (Lipinski definition) is 1. The lowest BCUT2D eigenvalue weighted by Gasteiger charge is -2.21. The van der Waals surface area contributed by atoms with E-state index >= 15 is 0 Å². The molecule has 0 aromatic heterocycles. The maximum Gasteiger partial charge on any atom is 0.239 e. The molecule has 0 saturated carbocycles. The van der Waals surface area contributed by atoms with E-state index in [9.17, 15) is 14.4 Å². The molecule has 0 bridgehead atoms. The molecule has 1 aromatic rings. The Balaban J connectivity index is 2.53. The Bertz CT molecular complexity index is 558. The van der Waals surface area contributed by atoms with E-state index in [0.717, 1.165) is 12.8 Å². The zero-order valence-electron chi connectivity index (χ0n) is 14.3. The molecule has 0 heterocycles. The van der Waals surface area contributed by atoms with Crippen molar-refractivity contribution in [1.29, 1.82) is 0 Å². The third-order valence-electron chi connectivity index (χ3n) is 3.48. The maximum atomic E-state index is 12.3. The minimum atomic E-state index is -0.175. The average molecular weight is 353 g/mol. The van der Waals surface area contributed by atoms with Crippen LogP contribution in [0.15, 0.2) is 24.3 Å². The third-order valence-corrected chi connectivity index (χ3v) is 3.74. The second-order valence-corrected chi connectivity index (χ2v) is 6.03. The Morgan fingerprint density at radius 1 is 1.04 bits per heavy atom. The monoisotopic (exact) mass is 352 g/mol. The summed E-state index contributed by atoms with van der Waals surface area (Å²) in [7, 11) is 0. The lowest BCUT2D eigenvalue weighted by molar-refractivity contribution is -0.136. The van der Waals surface area contributed by atoms with Crippen LogP contribution < -0.4 is 5.32 Å². The van der Waals surface area contributed by atoms with Crippen LogP contribution in [0.1, 0.15) is 49.9 Å². The molecule has 24 heavy (non-hydrogen) atoms. The Morgan fingerprint density at radius 3 is 2.29 bits per heavy atom. The van der Waals surface area contributed by atoms with Crippen molar-refractivity contribution in [3.63, 3.8) is 0 Å². The zero-order valence-corrected chi connectivity index (χ0v) is 15.1. The number of Topliss-reactive ketones (excluding diaryl/α,β-unsaturated/α-hetero) is 1. The summed E-state index contributed by atoms with van der Waals surface area (Å²) in [5.74, 6) is -0.444. The van der Waals surface area contributed by atoms with Gasteiger partial charge in [-0.2, -0.15) is 0 Å². The highest BCUT2D eigenvalue weighted by atomic mass is 35.5. The molecule has 0 aliphatic rings. The van der Waals surface area contributed by atoms with Crippen molar-refractivity contribution < 1.29 is 14.4 Å². The lowest BCUT2D eigenvalue weighted by atomic mass is 10.1. The van der Waals surface area contributed by atoms with E-state index in [1.807, 2.05) is 13.8 Å². The van der Waals surface area contributed by atoms with E-state index in [2.05, 4.69) is 5.32 Å². The SMILES string of the molecule is CCCNC(=O)CN(CCC)C(=O)CCC(=O)c1ccc(Cl)cc1. The second-order valence-electron chi connectivity index (χ2n) is 5.60. The van der Waals surface area contributed by atoms with Gasteiger partial charge in [-0.05, 0) is 37.1 Å². The fourth-order valence-electron chi connectivity index (χ4n) is 2.21. The van der Waals surface area contributed by atoms with E-state index < -0.39 is 0 Å². The van der Waals surface area contributed by atoms with Crippen molar-refractivity contribution in [2.24, 2.45) is 0 Å². The van der Waals surface area contributed by atoms with Gasteiger partial charge in [0.05, 0.1) is 6.54 Å². The first-order valence-electron chi connectivity index (χ1n) is 8.31. The third kappa shape index (κ3) is 7.13. The van der Waals surface area contributed by atoms with Gasteiger partial charge in [0.1, 0.15) is 0 Å². The minimum absolute atomic E-state index is 0.0435. The normalized spacial score (nSPS) is 10.3. The van der Waals surface area contributed by atoms with Gasteiger partial charge in [0.2, 0.25) is 11.8 Å². The first-order chi connectivity index (χ1) is 11.5. The number of nitrogens with zero attached hydrogens (tertiary/aromatic N) is 1. The van der Waals surface area contributed by atoms with Crippen LogP contribution in [0.3, 0.4) is 0 Å². The Hall–Kier alpha value is -1.88. The number of amides is 2. The molecule has 1 N–H and O–H groups in total. The molecule has 0 radical (unpaired) electrons. The van der Waals surface area contributed by atoms with E-state index in [1.165, 1.54) is 4.90 Å². The van der Waals surface area contributed by atoms with Gasteiger partial charge in [0.15, 0.2) is 5.78 Å². The number of carbonyl (C=O) groups excluding carboxylic acids is 3. The van der Waals surface area contributed by atoms with Crippen molar-refractivity contribution in [1.82, 2.24) is 10.2 Å². The van der Waals surface area contributed by atoms with Crippen molar-refractivity contribution in [2.75, 3.05) is 19.6 Å². The summed E-state index contributed by atoms with van der Waals surface area (Å²) in [6, 6.07) is 6.60. The maximum absolute atomic E-state index is 12.3. The number of hydrogen-bond acceptors (Lipinski definition) is 3. The van der Waals surface area contributed by atoms with Crippen molar-refractivity contribution in [2.45, 2.75) is 39.5 Å². The first kappa shape index (κ1) is 20.2. The quantitative estimate of drug-likeness (QED) is 0.658. The molecule has 0 spiro atoms. The van der Waals surface area contributed by atoms with Crippen LogP contribution in [0, 0.1) is 0 Å². The van der Waals surface area contributed by atoms with Gasteiger partial charge in [0, 0.05) is 36.5 Å². The van der Waals surface area contributed by atoms with Gasteiger partial charge in [-0.1, -0.05) is 25.4 Å². The van der Waals surface area contributed by atoms with Crippen LogP contribution in [0.5, 0.6) is 0 Å². The fraction of sp³-hybridized carbons (Fsp3) is 0.500. The predicted molar refractivity (Wildman–Crippen MR) is 95.2 cm³/mol. The summed E-state index contributed by atoms with van der Waals surface area (Å²) in [5.41, 5.74) is 0.537. The van der Waals surface area contributed by atoms with E-state index in [-0.39, 0.29) is 37.0 Å². The fourth-order valence-corrected chi connectivity index (χ4v) is 2.34. The average Bonchev–Trinajstić information content (AvgIpc) is 2.57. The molecular weight excluding hydrogens is 328 g/mol. The molecule has 6 heteroatoms. The number of halogens is 1. The van der Waals surface area contributed by atoms with Crippen LogP contribution in [0.4, 0.5) is 0 Å². The number of ketones is 1. The Labute approximate surface area is 148 Å². The molecule has 0 fully saturated rings. The highest BCUT2D eigenvalue weighted by molar-refractivity contribution is 6.30. The highest BCUT2D eigenvalue weighted by Gasteiger charge is 2.17. The molecule has 0 atom stereocenters. The molecule has 0 aliphatic carbocycles. The van der Waals surface area contributed by atoms with Gasteiger partial charge < -0.3 is 10.2 Å². The number of carbonyl (C=O) groups is 3. The van der Waals surface area contributed by atoms with Gasteiger partial charge in [0.25, 0.3) is 0 Å². The zero-order chi connectivity index (χ0) is 17.9. The summed E-state index contributed by atoms with van der Waals surface area (Å²) in [6.07, 6.45) is 1.83. The molecule has 2 amide bonds. The molecule has 5 nitrogen and oxygen atoms in total. The highest BCUT2D eigenvalue weighted by Crippen LogP contribution is 2.12. The molecule has 1 rings (SSSR count). The number of benzene rings is 1. The summed E-state index contributed by atoms with van der Waals surface area (Å²) in [5, 5.41) is 3.32. The number of rotatable bonds is 10. The Morgan fingerprint density at radius 2 is 1.71 bits per heavy atom. The number of nitrogens with one attached hydrogen (secondary N) is 1. The summed E-state index contributed by atoms with van der Waals surface area (Å²) >= 11 is 5.79. The van der Waals surface area contributed by atoms with Crippen LogP contribution in [0.25, 0.3) is 0 Å². The predicted octanol–water partition coefficient (Wildman–Crippen LogP) is 3.07. The summed E-state index contributed by atoms with van der Waals surface area (Å²) in [6.45, 7) is 5.07. The Kier molecular flexibility index (Phi) is 9.08. The van der Waals surface area contributed by atoms with Gasteiger partial charge >= 0.3 is 0 Å².